The zero-order valence-corrected chi connectivity index (χ0v) is 20.1. The Morgan fingerprint density at radius 3 is 2.56 bits per heavy atom. The molecule has 4 aromatic rings. The van der Waals surface area contributed by atoms with Crippen LogP contribution in [0, 0.1) is 0 Å². The van der Waals surface area contributed by atoms with E-state index in [1.807, 2.05) is 52.9 Å². The molecule has 0 radical (unpaired) electrons. The Morgan fingerprint density at radius 1 is 1.06 bits per heavy atom. The maximum atomic E-state index is 12.6. The number of benzene rings is 2. The minimum absolute atomic E-state index is 0.110. The molecule has 0 saturated carbocycles. The van der Waals surface area contributed by atoms with Crippen molar-refractivity contribution in [1.29, 1.82) is 0 Å². The van der Waals surface area contributed by atoms with Gasteiger partial charge in [0.1, 0.15) is 5.75 Å². The maximum Gasteiger partial charge on any atom is 0.234 e. The highest BCUT2D eigenvalue weighted by Gasteiger charge is 2.23. The van der Waals surface area contributed by atoms with Crippen LogP contribution < -0.4 is 15.0 Å². The number of fused-ring (bicyclic) bond motifs is 3. The summed E-state index contributed by atoms with van der Waals surface area (Å²) in [7, 11) is 1.61. The van der Waals surface area contributed by atoms with Crippen molar-refractivity contribution in [2.45, 2.75) is 12.1 Å². The van der Waals surface area contributed by atoms with Gasteiger partial charge in [-0.2, -0.15) is 0 Å². The van der Waals surface area contributed by atoms with Crippen molar-refractivity contribution in [3.8, 4) is 5.75 Å². The van der Waals surface area contributed by atoms with Gasteiger partial charge in [0.25, 0.3) is 0 Å². The minimum Gasteiger partial charge on any atom is -0.497 e. The number of anilines is 2. The van der Waals surface area contributed by atoms with Gasteiger partial charge in [-0.25, -0.2) is 4.98 Å². The van der Waals surface area contributed by atoms with Crippen LogP contribution in [0.4, 0.5) is 11.5 Å². The van der Waals surface area contributed by atoms with Crippen molar-refractivity contribution in [3.05, 3.63) is 48.5 Å². The number of piperazine rings is 1. The number of para-hydroxylation sites is 2. The molecule has 0 spiro atoms. The lowest BCUT2D eigenvalue weighted by Gasteiger charge is -2.34. The molecule has 1 aliphatic rings. The lowest BCUT2D eigenvalue weighted by atomic mass is 10.2. The van der Waals surface area contributed by atoms with E-state index in [9.17, 15) is 4.79 Å². The van der Waals surface area contributed by atoms with Crippen molar-refractivity contribution in [3.63, 3.8) is 0 Å². The number of ether oxygens (including phenoxy) is 1. The van der Waals surface area contributed by atoms with Crippen LogP contribution in [-0.4, -0.2) is 76.0 Å². The summed E-state index contributed by atoms with van der Waals surface area (Å²) in [6.07, 6.45) is 0. The molecule has 1 aliphatic heterocycles. The van der Waals surface area contributed by atoms with Gasteiger partial charge in [0.15, 0.2) is 11.0 Å². The lowest BCUT2D eigenvalue weighted by Crippen LogP contribution is -2.46. The molecular weight excluding hydrogens is 450 g/mol. The fourth-order valence-corrected chi connectivity index (χ4v) is 4.87. The SMILES string of the molecule is CCN1CCN(c2nc3ccccc3n3c(SCC(=O)Nc4ccc(OC)cc4)nnc23)CC1. The largest absolute Gasteiger partial charge is 0.497 e. The topological polar surface area (TPSA) is 87.9 Å². The molecule has 0 unspecified atom stereocenters. The van der Waals surface area contributed by atoms with E-state index >= 15 is 0 Å². The summed E-state index contributed by atoms with van der Waals surface area (Å²) in [5, 5.41) is 12.5. The van der Waals surface area contributed by atoms with Crippen LogP contribution in [0.3, 0.4) is 0 Å². The summed E-state index contributed by atoms with van der Waals surface area (Å²) in [5.74, 6) is 1.70. The van der Waals surface area contributed by atoms with Gasteiger partial charge in [-0.15, -0.1) is 10.2 Å². The van der Waals surface area contributed by atoms with E-state index in [0.29, 0.717) is 5.16 Å². The number of hydrogen-bond acceptors (Lipinski definition) is 8. The molecule has 1 N–H and O–H groups in total. The van der Waals surface area contributed by atoms with Gasteiger partial charge >= 0.3 is 0 Å². The molecule has 176 valence electrons. The number of thioether (sulfide) groups is 1. The Hall–Kier alpha value is -3.37. The van der Waals surface area contributed by atoms with Crippen LogP contribution in [0.5, 0.6) is 5.75 Å². The first-order chi connectivity index (χ1) is 16.7. The highest BCUT2D eigenvalue weighted by atomic mass is 32.2. The van der Waals surface area contributed by atoms with Gasteiger partial charge in [0.05, 0.1) is 23.9 Å². The fourth-order valence-electron chi connectivity index (χ4n) is 4.13. The van der Waals surface area contributed by atoms with E-state index in [4.69, 9.17) is 9.72 Å². The second-order valence-electron chi connectivity index (χ2n) is 8.05. The smallest absolute Gasteiger partial charge is 0.234 e. The summed E-state index contributed by atoms with van der Waals surface area (Å²) in [5.41, 5.74) is 3.26. The molecule has 5 rings (SSSR count). The van der Waals surface area contributed by atoms with Crippen molar-refractivity contribution >= 4 is 45.9 Å². The molecule has 0 aliphatic carbocycles. The minimum atomic E-state index is -0.110. The molecule has 2 aromatic heterocycles. The monoisotopic (exact) mass is 477 g/mol. The lowest BCUT2D eigenvalue weighted by molar-refractivity contribution is -0.113. The first-order valence-corrected chi connectivity index (χ1v) is 12.3. The number of methoxy groups -OCH3 is 1. The Balaban J connectivity index is 1.39. The Labute approximate surface area is 202 Å². The molecule has 1 fully saturated rings. The number of likely N-dealkylation sites (N-methyl/N-ethyl adjacent to an activating group) is 1. The third-order valence-corrected chi connectivity index (χ3v) is 6.94. The van der Waals surface area contributed by atoms with Gasteiger partial charge in [-0.1, -0.05) is 30.8 Å². The molecule has 10 heteroatoms. The van der Waals surface area contributed by atoms with E-state index in [1.54, 1.807) is 7.11 Å². The Bertz CT molecular complexity index is 1300. The number of carbonyl (C=O) groups is 1. The van der Waals surface area contributed by atoms with Crippen molar-refractivity contribution in [1.82, 2.24) is 24.5 Å². The highest BCUT2D eigenvalue weighted by molar-refractivity contribution is 7.99. The number of nitrogens with zero attached hydrogens (tertiary/aromatic N) is 6. The zero-order valence-electron chi connectivity index (χ0n) is 19.3. The number of nitrogens with one attached hydrogen (secondary N) is 1. The second kappa shape index (κ2) is 9.86. The van der Waals surface area contributed by atoms with Gasteiger partial charge in [0, 0.05) is 31.9 Å². The van der Waals surface area contributed by atoms with E-state index in [2.05, 4.69) is 32.2 Å². The van der Waals surface area contributed by atoms with Crippen LogP contribution in [-0.2, 0) is 4.79 Å². The maximum absolute atomic E-state index is 12.6. The van der Waals surface area contributed by atoms with E-state index < -0.39 is 0 Å². The third-order valence-electron chi connectivity index (χ3n) is 6.01. The number of carbonyl (C=O) groups excluding carboxylic acids is 1. The molecule has 34 heavy (non-hydrogen) atoms. The van der Waals surface area contributed by atoms with Gasteiger partial charge in [-0.3, -0.25) is 9.20 Å². The van der Waals surface area contributed by atoms with Crippen molar-refractivity contribution in [2.24, 2.45) is 0 Å². The van der Waals surface area contributed by atoms with Gasteiger partial charge in [0.2, 0.25) is 11.6 Å². The van der Waals surface area contributed by atoms with Crippen molar-refractivity contribution < 1.29 is 9.53 Å². The molecule has 0 atom stereocenters. The molecule has 2 aromatic carbocycles. The summed E-state index contributed by atoms with van der Waals surface area (Å²) in [6.45, 7) is 7.04. The van der Waals surface area contributed by atoms with E-state index in [-0.39, 0.29) is 11.7 Å². The average molecular weight is 478 g/mol. The predicted octanol–water partition coefficient (Wildman–Crippen LogP) is 3.16. The molecule has 3 heterocycles. The van der Waals surface area contributed by atoms with Crippen molar-refractivity contribution in [2.75, 3.05) is 55.8 Å². The standard InChI is InChI=1S/C24H27N7O2S/c1-3-29-12-14-30(15-13-29)22-23-27-28-24(31(23)20-7-5-4-6-19(20)26-22)34-16-21(32)25-17-8-10-18(33-2)11-9-17/h4-11H,3,12-16H2,1-2H3,(H,25,32). The number of amides is 1. The fraction of sp³-hybridized carbons (Fsp3) is 0.333. The number of aromatic nitrogens is 4. The average Bonchev–Trinajstić information content (AvgIpc) is 3.32. The third kappa shape index (κ3) is 4.51. The quantitative estimate of drug-likeness (QED) is 0.406. The summed E-state index contributed by atoms with van der Waals surface area (Å²) in [6, 6.07) is 15.2. The summed E-state index contributed by atoms with van der Waals surface area (Å²) >= 11 is 1.36. The normalized spacial score (nSPS) is 14.6. The van der Waals surface area contributed by atoms with Crippen LogP contribution >= 0.6 is 11.8 Å². The Morgan fingerprint density at radius 2 is 1.82 bits per heavy atom. The highest BCUT2D eigenvalue weighted by Crippen LogP contribution is 2.29. The first-order valence-electron chi connectivity index (χ1n) is 11.3. The molecular formula is C24H27N7O2S. The summed E-state index contributed by atoms with van der Waals surface area (Å²) < 4.78 is 7.19. The summed E-state index contributed by atoms with van der Waals surface area (Å²) in [4.78, 5) is 22.2. The van der Waals surface area contributed by atoms with Crippen LogP contribution in [0.2, 0.25) is 0 Å². The Kier molecular flexibility index (Phi) is 6.50. The van der Waals surface area contributed by atoms with E-state index in [1.165, 1.54) is 11.8 Å². The molecule has 9 nitrogen and oxygen atoms in total. The van der Waals surface area contributed by atoms with E-state index in [0.717, 1.165) is 66.7 Å². The zero-order chi connectivity index (χ0) is 23.5. The van der Waals surface area contributed by atoms with Gasteiger partial charge < -0.3 is 19.9 Å². The predicted molar refractivity (Wildman–Crippen MR) is 135 cm³/mol. The molecule has 1 amide bonds. The second-order valence-corrected chi connectivity index (χ2v) is 8.99. The van der Waals surface area contributed by atoms with Crippen LogP contribution in [0.15, 0.2) is 53.7 Å². The number of rotatable bonds is 7. The number of hydrogen-bond donors (Lipinski definition) is 1. The molecule has 0 bridgehead atoms. The van der Waals surface area contributed by atoms with Crippen LogP contribution in [0.1, 0.15) is 6.92 Å². The van der Waals surface area contributed by atoms with Gasteiger partial charge in [-0.05, 0) is 42.9 Å². The molecule has 1 saturated heterocycles. The first kappa shape index (κ1) is 22.4. The van der Waals surface area contributed by atoms with Crippen LogP contribution in [0.25, 0.3) is 16.7 Å².